The summed E-state index contributed by atoms with van der Waals surface area (Å²) in [6, 6.07) is 77.0. The average molecular weight is 817 g/mol. The second-order valence-corrected chi connectivity index (χ2v) is 17.5. The van der Waals surface area contributed by atoms with Crippen LogP contribution in [0.4, 0.5) is 28.4 Å². The van der Waals surface area contributed by atoms with Crippen molar-refractivity contribution in [2.24, 2.45) is 0 Å². The minimum Gasteiger partial charge on any atom is -0.310 e. The van der Waals surface area contributed by atoms with Crippen LogP contribution in [-0.2, 0) is 12.8 Å². The molecule has 2 aliphatic heterocycles. The van der Waals surface area contributed by atoms with Crippen molar-refractivity contribution in [3.63, 3.8) is 0 Å². The predicted octanol–water partition coefficient (Wildman–Crippen LogP) is 16.8. The molecule has 2 heterocycles. The lowest BCUT2D eigenvalue weighted by atomic mass is 9.82. The van der Waals surface area contributed by atoms with Gasteiger partial charge in [0.2, 0.25) is 0 Å². The maximum atomic E-state index is 2.53. The third kappa shape index (κ3) is 5.80. The fraction of sp³-hybridized carbons (Fsp3) is 0.0645. The van der Waals surface area contributed by atoms with Crippen molar-refractivity contribution in [1.82, 2.24) is 0 Å². The molecule has 0 atom stereocenters. The molecule has 10 aromatic rings. The lowest BCUT2D eigenvalue weighted by Crippen LogP contribution is -2.24. The molecule has 2 heteroatoms. The van der Waals surface area contributed by atoms with Crippen molar-refractivity contribution < 1.29 is 0 Å². The third-order valence-electron chi connectivity index (χ3n) is 13.9. The molecule has 0 N–H and O–H groups in total. The zero-order chi connectivity index (χ0) is 42.1. The van der Waals surface area contributed by atoms with Crippen molar-refractivity contribution in [1.29, 1.82) is 0 Å². The number of fused-ring (bicyclic) bond motifs is 6. The lowest BCUT2D eigenvalue weighted by Gasteiger charge is -2.36. The van der Waals surface area contributed by atoms with Gasteiger partial charge in [0.15, 0.2) is 0 Å². The van der Waals surface area contributed by atoms with Crippen LogP contribution in [0.1, 0.15) is 29.5 Å². The molecule has 0 amide bonds. The van der Waals surface area contributed by atoms with Crippen molar-refractivity contribution in [3.05, 3.63) is 246 Å². The average Bonchev–Trinajstić information content (AvgIpc) is 3.36. The highest BCUT2D eigenvalue weighted by Gasteiger charge is 2.29. The normalized spacial score (nSPS) is 14.1. The Hall–Kier alpha value is -7.94. The Morgan fingerprint density at radius 3 is 1.66 bits per heavy atom. The molecule has 3 aliphatic rings. The number of allylic oxidation sites excluding steroid dienone is 3. The van der Waals surface area contributed by atoms with Crippen LogP contribution < -0.4 is 9.80 Å². The van der Waals surface area contributed by atoms with E-state index in [0.29, 0.717) is 0 Å². The first-order valence-electron chi connectivity index (χ1n) is 22.7. The van der Waals surface area contributed by atoms with Crippen LogP contribution in [0.25, 0.3) is 65.7 Å². The van der Waals surface area contributed by atoms with E-state index in [1.165, 1.54) is 116 Å². The SMILES string of the molecule is C1=CC2=C(CC1)Cc1ccccc1N2c1ccc2c(-c3ccccc3)c3cc(N4c5ccccc5Cc5ccccc54)ccc3c(-c3ccccc3-c3cccc4ccccc34)c2c1. The summed E-state index contributed by atoms with van der Waals surface area (Å²) in [6.07, 6.45) is 8.81. The van der Waals surface area contributed by atoms with Gasteiger partial charge in [-0.3, -0.25) is 0 Å². The highest BCUT2D eigenvalue weighted by atomic mass is 15.2. The highest BCUT2D eigenvalue weighted by molar-refractivity contribution is 6.24. The number of benzene rings is 10. The summed E-state index contributed by atoms with van der Waals surface area (Å²) in [5, 5.41) is 7.44. The second-order valence-electron chi connectivity index (χ2n) is 17.5. The molecule has 0 aromatic heterocycles. The van der Waals surface area contributed by atoms with Gasteiger partial charge in [-0.15, -0.1) is 0 Å². The zero-order valence-corrected chi connectivity index (χ0v) is 35.5. The Morgan fingerprint density at radius 2 is 0.906 bits per heavy atom. The fourth-order valence-electron chi connectivity index (χ4n) is 11.1. The Kier molecular flexibility index (Phi) is 8.52. The molecule has 302 valence electrons. The molecule has 0 saturated heterocycles. The summed E-state index contributed by atoms with van der Waals surface area (Å²) in [6.45, 7) is 0. The van der Waals surface area contributed by atoms with E-state index in [-0.39, 0.29) is 0 Å². The lowest BCUT2D eigenvalue weighted by molar-refractivity contribution is 0.857. The monoisotopic (exact) mass is 816 g/mol. The smallest absolute Gasteiger partial charge is 0.0497 e. The second kappa shape index (κ2) is 14.9. The minimum absolute atomic E-state index is 0.920. The van der Waals surface area contributed by atoms with Gasteiger partial charge in [-0.05, 0) is 156 Å². The molecule has 1 aliphatic carbocycles. The maximum absolute atomic E-state index is 2.53. The summed E-state index contributed by atoms with van der Waals surface area (Å²) >= 11 is 0. The van der Waals surface area contributed by atoms with E-state index in [1.807, 2.05) is 0 Å². The van der Waals surface area contributed by atoms with Crippen LogP contribution in [0.5, 0.6) is 0 Å². The highest BCUT2D eigenvalue weighted by Crippen LogP contribution is 2.52. The Bertz CT molecular complexity index is 3520. The van der Waals surface area contributed by atoms with Gasteiger partial charge in [0.25, 0.3) is 0 Å². The van der Waals surface area contributed by atoms with Crippen molar-refractivity contribution >= 4 is 60.8 Å². The van der Waals surface area contributed by atoms with Gasteiger partial charge in [0.05, 0.1) is 0 Å². The molecule has 0 radical (unpaired) electrons. The molecular weight excluding hydrogens is 773 g/mol. The van der Waals surface area contributed by atoms with Crippen LogP contribution in [0, 0.1) is 0 Å². The first-order valence-corrected chi connectivity index (χ1v) is 22.7. The first-order chi connectivity index (χ1) is 31.8. The molecule has 0 saturated carbocycles. The van der Waals surface area contributed by atoms with E-state index >= 15 is 0 Å². The van der Waals surface area contributed by atoms with Gasteiger partial charge >= 0.3 is 0 Å². The van der Waals surface area contributed by atoms with E-state index in [9.17, 15) is 0 Å². The summed E-state index contributed by atoms with van der Waals surface area (Å²) in [4.78, 5) is 5.01. The molecule has 64 heavy (non-hydrogen) atoms. The quantitative estimate of drug-likeness (QED) is 0.160. The van der Waals surface area contributed by atoms with Crippen LogP contribution in [0.15, 0.2) is 230 Å². The summed E-state index contributed by atoms with van der Waals surface area (Å²) < 4.78 is 0. The first kappa shape index (κ1) is 36.7. The standard InChI is InChI=1S/C62H44N2/c1-2-18-42(19-3-1)61-53-35-33-48(64-59-31-14-7-22-45(59)38-46-23-8-15-32-60(46)64)40-56(53)62(52-27-11-10-26-51(52)50-28-16-24-41-17-4-9-25-49(41)50)54-36-34-47(39-55(54)61)63-57-29-12-5-20-43(57)37-44-21-6-13-30-58(44)63/h1-7,9-22,24-36,39-40H,8,23,37-38H2. The molecule has 0 bridgehead atoms. The van der Waals surface area contributed by atoms with Crippen LogP contribution in [-0.4, -0.2) is 0 Å². The van der Waals surface area contributed by atoms with Gasteiger partial charge in [0, 0.05) is 40.6 Å². The number of nitrogens with zero attached hydrogens (tertiary/aromatic N) is 2. The van der Waals surface area contributed by atoms with Crippen LogP contribution in [0.3, 0.4) is 0 Å². The van der Waals surface area contributed by atoms with Crippen molar-refractivity contribution in [2.45, 2.75) is 25.7 Å². The topological polar surface area (TPSA) is 6.48 Å². The molecule has 10 aromatic carbocycles. The van der Waals surface area contributed by atoms with Crippen LogP contribution in [0.2, 0.25) is 0 Å². The Morgan fingerprint density at radius 1 is 0.359 bits per heavy atom. The molecule has 0 fully saturated rings. The van der Waals surface area contributed by atoms with Gasteiger partial charge < -0.3 is 9.80 Å². The molecule has 0 spiro atoms. The number of hydrogen-bond acceptors (Lipinski definition) is 2. The number of hydrogen-bond donors (Lipinski definition) is 0. The van der Waals surface area contributed by atoms with Gasteiger partial charge in [-0.25, -0.2) is 0 Å². The summed E-state index contributed by atoms with van der Waals surface area (Å²) in [5.74, 6) is 0. The Balaban J connectivity index is 1.15. The third-order valence-corrected chi connectivity index (χ3v) is 13.9. The Labute approximate surface area is 374 Å². The van der Waals surface area contributed by atoms with Crippen molar-refractivity contribution in [2.75, 3.05) is 9.80 Å². The van der Waals surface area contributed by atoms with Crippen LogP contribution >= 0.6 is 0 Å². The fourth-order valence-corrected chi connectivity index (χ4v) is 11.1. The van der Waals surface area contributed by atoms with E-state index < -0.39 is 0 Å². The minimum atomic E-state index is 0.920. The van der Waals surface area contributed by atoms with Gasteiger partial charge in [-0.2, -0.15) is 0 Å². The van der Waals surface area contributed by atoms with Crippen molar-refractivity contribution in [3.8, 4) is 33.4 Å². The number of rotatable bonds is 5. The summed E-state index contributed by atoms with van der Waals surface area (Å²) in [5.41, 5.74) is 20.4. The summed E-state index contributed by atoms with van der Waals surface area (Å²) in [7, 11) is 0. The maximum Gasteiger partial charge on any atom is 0.0497 e. The molecular formula is C62H44N2. The van der Waals surface area contributed by atoms with E-state index in [4.69, 9.17) is 0 Å². The van der Waals surface area contributed by atoms with Gasteiger partial charge in [-0.1, -0.05) is 170 Å². The predicted molar refractivity (Wildman–Crippen MR) is 270 cm³/mol. The number of para-hydroxylation sites is 3. The number of anilines is 5. The zero-order valence-electron chi connectivity index (χ0n) is 35.5. The van der Waals surface area contributed by atoms with E-state index in [2.05, 4.69) is 228 Å². The van der Waals surface area contributed by atoms with E-state index in [1.54, 1.807) is 0 Å². The molecule has 0 unspecified atom stereocenters. The largest absolute Gasteiger partial charge is 0.310 e. The van der Waals surface area contributed by atoms with Gasteiger partial charge in [0.1, 0.15) is 0 Å². The molecule has 13 rings (SSSR count). The van der Waals surface area contributed by atoms with E-state index in [0.717, 1.165) is 31.4 Å². The molecule has 2 nitrogen and oxygen atoms in total.